The number of alkyl halides is 3. The normalized spacial score (nSPS) is 11.7. The molecule has 0 saturated carbocycles. The van der Waals surface area contributed by atoms with E-state index in [1.54, 1.807) is 18.3 Å². The van der Waals surface area contributed by atoms with Crippen molar-refractivity contribution in [3.05, 3.63) is 53.9 Å². The molecule has 2 aromatic rings. The van der Waals surface area contributed by atoms with E-state index in [1.165, 1.54) is 23.0 Å². The maximum absolute atomic E-state index is 12.6. The lowest BCUT2D eigenvalue weighted by Gasteiger charge is -2.12. The second kappa shape index (κ2) is 4.00. The molecule has 0 bridgehead atoms. The van der Waals surface area contributed by atoms with Gasteiger partial charge in [0, 0.05) is 12.4 Å². The monoisotopic (exact) mass is 226 g/mol. The molecule has 1 aromatic carbocycles. The lowest BCUT2D eigenvalue weighted by atomic mass is 10.1. The summed E-state index contributed by atoms with van der Waals surface area (Å²) in [5, 5.41) is 3.88. The van der Waals surface area contributed by atoms with Crippen molar-refractivity contribution in [3.8, 4) is 0 Å². The summed E-state index contributed by atoms with van der Waals surface area (Å²) >= 11 is 0. The fourth-order valence-corrected chi connectivity index (χ4v) is 1.50. The zero-order valence-corrected chi connectivity index (χ0v) is 8.28. The van der Waals surface area contributed by atoms with Crippen LogP contribution in [0.15, 0.2) is 42.7 Å². The van der Waals surface area contributed by atoms with Crippen LogP contribution in [0.5, 0.6) is 0 Å². The predicted octanol–water partition coefficient (Wildman–Crippen LogP) is 2.95. The second-order valence-electron chi connectivity index (χ2n) is 3.36. The summed E-state index contributed by atoms with van der Waals surface area (Å²) in [6.07, 6.45) is -1.15. The van der Waals surface area contributed by atoms with Gasteiger partial charge in [0.1, 0.15) is 0 Å². The number of benzene rings is 1. The zero-order chi connectivity index (χ0) is 11.6. The Bertz CT molecular complexity index is 460. The molecular weight excluding hydrogens is 217 g/mol. The first-order valence-electron chi connectivity index (χ1n) is 4.70. The van der Waals surface area contributed by atoms with E-state index < -0.39 is 11.7 Å². The van der Waals surface area contributed by atoms with E-state index in [2.05, 4.69) is 5.10 Å². The Kier molecular flexibility index (Phi) is 2.68. The molecule has 5 heteroatoms. The maximum atomic E-state index is 12.6. The zero-order valence-electron chi connectivity index (χ0n) is 8.28. The van der Waals surface area contributed by atoms with Crippen molar-refractivity contribution >= 4 is 0 Å². The predicted molar refractivity (Wildman–Crippen MR) is 52.8 cm³/mol. The molecule has 84 valence electrons. The summed E-state index contributed by atoms with van der Waals surface area (Å²) in [5.41, 5.74) is -0.385. The highest BCUT2D eigenvalue weighted by Crippen LogP contribution is 2.31. The largest absolute Gasteiger partial charge is 0.416 e. The molecule has 1 aromatic heterocycles. The van der Waals surface area contributed by atoms with Crippen LogP contribution in [0.1, 0.15) is 11.1 Å². The van der Waals surface area contributed by atoms with Crippen molar-refractivity contribution < 1.29 is 13.2 Å². The lowest BCUT2D eigenvalue weighted by molar-refractivity contribution is -0.138. The molecule has 0 aliphatic rings. The lowest BCUT2D eigenvalue weighted by Crippen LogP contribution is -2.11. The first-order valence-corrected chi connectivity index (χ1v) is 4.70. The van der Waals surface area contributed by atoms with Crippen LogP contribution in [-0.2, 0) is 12.7 Å². The smallest absolute Gasteiger partial charge is 0.268 e. The van der Waals surface area contributed by atoms with Crippen LogP contribution in [0.25, 0.3) is 0 Å². The SMILES string of the molecule is FC(F)(F)c1ccccc1Cn1cccn1. The van der Waals surface area contributed by atoms with E-state index in [9.17, 15) is 13.2 Å². The molecule has 0 saturated heterocycles. The molecule has 0 aliphatic carbocycles. The Morgan fingerprint density at radius 1 is 1.12 bits per heavy atom. The molecule has 2 rings (SSSR count). The summed E-state index contributed by atoms with van der Waals surface area (Å²) in [4.78, 5) is 0. The van der Waals surface area contributed by atoms with Gasteiger partial charge in [-0.1, -0.05) is 18.2 Å². The third kappa shape index (κ3) is 2.24. The van der Waals surface area contributed by atoms with Crippen molar-refractivity contribution in [1.29, 1.82) is 0 Å². The summed E-state index contributed by atoms with van der Waals surface area (Å²) in [6, 6.07) is 7.20. The van der Waals surface area contributed by atoms with Crippen molar-refractivity contribution in [3.63, 3.8) is 0 Å². The third-order valence-electron chi connectivity index (χ3n) is 2.21. The highest BCUT2D eigenvalue weighted by molar-refractivity contribution is 5.29. The maximum Gasteiger partial charge on any atom is 0.416 e. The van der Waals surface area contributed by atoms with E-state index in [4.69, 9.17) is 0 Å². The number of nitrogens with zero attached hydrogens (tertiary/aromatic N) is 2. The van der Waals surface area contributed by atoms with Gasteiger partial charge in [0.15, 0.2) is 0 Å². The molecular formula is C11H9F3N2. The molecule has 16 heavy (non-hydrogen) atoms. The van der Waals surface area contributed by atoms with Gasteiger partial charge in [0.2, 0.25) is 0 Å². The fraction of sp³-hybridized carbons (Fsp3) is 0.182. The van der Waals surface area contributed by atoms with Crippen LogP contribution < -0.4 is 0 Å². The van der Waals surface area contributed by atoms with Gasteiger partial charge in [0.25, 0.3) is 0 Å². The van der Waals surface area contributed by atoms with Crippen LogP contribution in [0.4, 0.5) is 13.2 Å². The van der Waals surface area contributed by atoms with E-state index in [1.807, 2.05) is 0 Å². The molecule has 0 fully saturated rings. The molecule has 0 radical (unpaired) electrons. The van der Waals surface area contributed by atoms with Gasteiger partial charge >= 0.3 is 6.18 Å². The Balaban J connectivity index is 2.34. The molecule has 2 nitrogen and oxygen atoms in total. The number of halogens is 3. The minimum Gasteiger partial charge on any atom is -0.268 e. The molecule has 0 spiro atoms. The van der Waals surface area contributed by atoms with Gasteiger partial charge in [0.05, 0.1) is 12.1 Å². The molecule has 0 atom stereocenters. The summed E-state index contributed by atoms with van der Waals surface area (Å²) in [5.74, 6) is 0. The Morgan fingerprint density at radius 3 is 2.50 bits per heavy atom. The van der Waals surface area contributed by atoms with Gasteiger partial charge in [-0.25, -0.2) is 0 Å². The number of hydrogen-bond donors (Lipinski definition) is 0. The average molecular weight is 226 g/mol. The van der Waals surface area contributed by atoms with Crippen molar-refractivity contribution in [2.75, 3.05) is 0 Å². The highest BCUT2D eigenvalue weighted by Gasteiger charge is 2.32. The molecule has 0 N–H and O–H groups in total. The van der Waals surface area contributed by atoms with Gasteiger partial charge in [-0.05, 0) is 17.7 Å². The number of hydrogen-bond acceptors (Lipinski definition) is 1. The van der Waals surface area contributed by atoms with Gasteiger partial charge in [-0.15, -0.1) is 0 Å². The van der Waals surface area contributed by atoms with Crippen molar-refractivity contribution in [2.24, 2.45) is 0 Å². The first kappa shape index (κ1) is 10.7. The van der Waals surface area contributed by atoms with Crippen LogP contribution in [0.3, 0.4) is 0 Å². The first-order chi connectivity index (χ1) is 7.57. The summed E-state index contributed by atoms with van der Waals surface area (Å²) in [7, 11) is 0. The van der Waals surface area contributed by atoms with Crippen LogP contribution >= 0.6 is 0 Å². The molecule has 1 heterocycles. The standard InChI is InChI=1S/C11H9F3N2/c12-11(13,14)10-5-2-1-4-9(10)8-16-7-3-6-15-16/h1-7H,8H2. The second-order valence-corrected chi connectivity index (χ2v) is 3.36. The summed E-state index contributed by atoms with van der Waals surface area (Å²) < 4.78 is 39.4. The average Bonchev–Trinajstić information content (AvgIpc) is 2.70. The quantitative estimate of drug-likeness (QED) is 0.769. The van der Waals surface area contributed by atoms with Crippen LogP contribution in [-0.4, -0.2) is 9.78 Å². The van der Waals surface area contributed by atoms with Crippen molar-refractivity contribution in [1.82, 2.24) is 9.78 Å². The van der Waals surface area contributed by atoms with Crippen LogP contribution in [0, 0.1) is 0 Å². The molecule has 0 amide bonds. The molecule has 0 unspecified atom stereocenters. The topological polar surface area (TPSA) is 17.8 Å². The van der Waals surface area contributed by atoms with Gasteiger partial charge in [-0.3, -0.25) is 4.68 Å². The third-order valence-corrected chi connectivity index (χ3v) is 2.21. The van der Waals surface area contributed by atoms with E-state index in [-0.39, 0.29) is 12.1 Å². The van der Waals surface area contributed by atoms with E-state index in [0.717, 1.165) is 6.07 Å². The Labute approximate surface area is 90.3 Å². The number of rotatable bonds is 2. The Morgan fingerprint density at radius 2 is 1.88 bits per heavy atom. The van der Waals surface area contributed by atoms with Crippen LogP contribution in [0.2, 0.25) is 0 Å². The minimum atomic E-state index is -4.32. The van der Waals surface area contributed by atoms with Crippen molar-refractivity contribution in [2.45, 2.75) is 12.7 Å². The van der Waals surface area contributed by atoms with E-state index in [0.29, 0.717) is 0 Å². The number of aromatic nitrogens is 2. The minimum absolute atomic E-state index is 0.128. The fourth-order valence-electron chi connectivity index (χ4n) is 1.50. The Hall–Kier alpha value is -1.78. The van der Waals surface area contributed by atoms with Gasteiger partial charge in [-0.2, -0.15) is 18.3 Å². The summed E-state index contributed by atoms with van der Waals surface area (Å²) in [6.45, 7) is 0.128. The van der Waals surface area contributed by atoms with E-state index >= 15 is 0 Å². The van der Waals surface area contributed by atoms with Gasteiger partial charge < -0.3 is 0 Å². The molecule has 0 aliphatic heterocycles. The highest BCUT2D eigenvalue weighted by atomic mass is 19.4.